The van der Waals surface area contributed by atoms with Crippen LogP contribution in [0.15, 0.2) is 200 Å². The number of hydrogen-bond donors (Lipinski definition) is 0. The highest BCUT2D eigenvalue weighted by atomic mass is 15.2. The molecule has 0 aliphatic heterocycles. The van der Waals surface area contributed by atoms with E-state index in [-0.39, 0.29) is 5.41 Å². The summed E-state index contributed by atoms with van der Waals surface area (Å²) < 4.78 is 2.40. The molecule has 11 rings (SSSR count). The summed E-state index contributed by atoms with van der Waals surface area (Å²) >= 11 is 0. The van der Waals surface area contributed by atoms with Crippen molar-refractivity contribution >= 4 is 55.9 Å². The molecular weight excluding hydrogens is 679 g/mol. The van der Waals surface area contributed by atoms with E-state index in [1.54, 1.807) is 0 Å². The fourth-order valence-electron chi connectivity index (χ4n) is 10.1. The Morgan fingerprint density at radius 1 is 0.375 bits per heavy atom. The largest absolute Gasteiger partial charge is 0.310 e. The summed E-state index contributed by atoms with van der Waals surface area (Å²) in [4.78, 5) is 5.02. The molecule has 1 aromatic heterocycles. The molecule has 3 heteroatoms. The van der Waals surface area contributed by atoms with E-state index < -0.39 is 0 Å². The lowest BCUT2D eigenvalue weighted by Crippen LogP contribution is -2.27. The SMILES string of the molecule is c1ccc(N(c2ccccc2)c2cccc3c2[C@@]2(CC3)CCc3cccc(N(c4ccccc4)c4ccc5c(c4)c4ccccc4n5-c4ccccc4)c32)cc1. The van der Waals surface area contributed by atoms with Crippen molar-refractivity contribution in [3.8, 4) is 5.69 Å². The molecule has 2 aliphatic rings. The monoisotopic (exact) mass is 719 g/mol. The topological polar surface area (TPSA) is 11.4 Å². The summed E-state index contributed by atoms with van der Waals surface area (Å²) in [5.41, 5.74) is 16.6. The zero-order chi connectivity index (χ0) is 37.1. The van der Waals surface area contributed by atoms with Gasteiger partial charge in [-0.2, -0.15) is 0 Å². The molecule has 0 N–H and O–H groups in total. The molecule has 0 bridgehead atoms. The molecule has 0 amide bonds. The maximum absolute atomic E-state index is 2.53. The van der Waals surface area contributed by atoms with Crippen LogP contribution in [-0.4, -0.2) is 4.57 Å². The minimum Gasteiger partial charge on any atom is -0.310 e. The molecule has 1 spiro atoms. The van der Waals surface area contributed by atoms with E-state index in [4.69, 9.17) is 0 Å². The standard InChI is InChI=1S/C53H41N3/c1-5-19-40(20-6-1)54(41-21-7-2-8-22-41)49-29-15-17-38-33-35-53(51(38)49)36-34-39-18-16-30-50(52(39)53)55(42-23-9-3-10-24-42)44-31-32-48-46(37-44)45-27-13-14-28-47(45)56(48)43-25-11-4-12-26-43/h1-32,37H,33-36H2/t53-/m1/s1. The van der Waals surface area contributed by atoms with Crippen molar-refractivity contribution in [3.05, 3.63) is 222 Å². The Morgan fingerprint density at radius 2 is 0.839 bits per heavy atom. The van der Waals surface area contributed by atoms with Crippen molar-refractivity contribution in [1.82, 2.24) is 4.57 Å². The third-order valence-corrected chi connectivity index (χ3v) is 12.3. The van der Waals surface area contributed by atoms with Crippen LogP contribution in [-0.2, 0) is 18.3 Å². The Labute approximate surface area is 328 Å². The summed E-state index contributed by atoms with van der Waals surface area (Å²) in [7, 11) is 0. The average molecular weight is 720 g/mol. The van der Waals surface area contributed by atoms with Crippen LogP contribution < -0.4 is 9.80 Å². The molecule has 0 unspecified atom stereocenters. The number of anilines is 6. The van der Waals surface area contributed by atoms with Crippen molar-refractivity contribution < 1.29 is 0 Å². The van der Waals surface area contributed by atoms with E-state index >= 15 is 0 Å². The van der Waals surface area contributed by atoms with Gasteiger partial charge < -0.3 is 14.4 Å². The fraction of sp³-hybridized carbons (Fsp3) is 0.0943. The predicted octanol–water partition coefficient (Wildman–Crippen LogP) is 13.9. The molecule has 8 aromatic carbocycles. The second-order valence-electron chi connectivity index (χ2n) is 15.3. The third-order valence-electron chi connectivity index (χ3n) is 12.3. The smallest absolute Gasteiger partial charge is 0.0542 e. The van der Waals surface area contributed by atoms with Crippen molar-refractivity contribution in [3.63, 3.8) is 0 Å². The minimum absolute atomic E-state index is 0.139. The summed E-state index contributed by atoms with van der Waals surface area (Å²) in [6, 6.07) is 73.5. The molecule has 0 fully saturated rings. The van der Waals surface area contributed by atoms with E-state index in [2.05, 4.69) is 215 Å². The molecule has 9 aromatic rings. The van der Waals surface area contributed by atoms with Gasteiger partial charge in [0.25, 0.3) is 0 Å². The van der Waals surface area contributed by atoms with Crippen LogP contribution in [0, 0.1) is 0 Å². The molecule has 0 saturated heterocycles. The van der Waals surface area contributed by atoms with E-state index in [1.165, 1.54) is 72.5 Å². The van der Waals surface area contributed by atoms with E-state index in [1.807, 2.05) is 0 Å². The minimum atomic E-state index is -0.139. The van der Waals surface area contributed by atoms with Gasteiger partial charge in [-0.1, -0.05) is 115 Å². The van der Waals surface area contributed by atoms with E-state index in [0.29, 0.717) is 0 Å². The Bertz CT molecular complexity index is 2820. The number of rotatable bonds is 7. The van der Waals surface area contributed by atoms with Crippen molar-refractivity contribution in [2.75, 3.05) is 9.80 Å². The predicted molar refractivity (Wildman–Crippen MR) is 234 cm³/mol. The molecular formula is C53H41N3. The molecule has 0 radical (unpaired) electrons. The van der Waals surface area contributed by atoms with Crippen LogP contribution in [0.4, 0.5) is 34.1 Å². The molecule has 268 valence electrons. The molecule has 1 heterocycles. The highest BCUT2D eigenvalue weighted by Gasteiger charge is 2.49. The van der Waals surface area contributed by atoms with Gasteiger partial charge in [-0.25, -0.2) is 0 Å². The number of benzene rings is 8. The van der Waals surface area contributed by atoms with Gasteiger partial charge in [-0.05, 0) is 133 Å². The number of fused-ring (bicyclic) bond motifs is 7. The lowest BCUT2D eigenvalue weighted by Gasteiger charge is -2.37. The second-order valence-corrected chi connectivity index (χ2v) is 15.3. The number of nitrogens with zero attached hydrogens (tertiary/aromatic N) is 3. The van der Waals surface area contributed by atoms with Gasteiger partial charge >= 0.3 is 0 Å². The van der Waals surface area contributed by atoms with Gasteiger partial charge in [0, 0.05) is 44.6 Å². The number of aryl methyl sites for hydroxylation is 2. The normalized spacial score (nSPS) is 15.6. The molecule has 1 atom stereocenters. The number of aromatic nitrogens is 1. The van der Waals surface area contributed by atoms with Crippen LogP contribution in [0.2, 0.25) is 0 Å². The quantitative estimate of drug-likeness (QED) is 0.162. The maximum Gasteiger partial charge on any atom is 0.0542 e. The Balaban J connectivity index is 1.14. The Morgan fingerprint density at radius 3 is 1.39 bits per heavy atom. The fourth-order valence-corrected chi connectivity index (χ4v) is 10.1. The first-order valence-corrected chi connectivity index (χ1v) is 19.9. The maximum atomic E-state index is 2.53. The highest BCUT2D eigenvalue weighted by molar-refractivity contribution is 6.10. The third kappa shape index (κ3) is 5.04. The molecule has 56 heavy (non-hydrogen) atoms. The zero-order valence-corrected chi connectivity index (χ0v) is 31.2. The number of para-hydroxylation sites is 5. The number of hydrogen-bond acceptors (Lipinski definition) is 2. The first-order valence-electron chi connectivity index (χ1n) is 19.9. The van der Waals surface area contributed by atoms with Crippen molar-refractivity contribution in [2.24, 2.45) is 0 Å². The van der Waals surface area contributed by atoms with Gasteiger partial charge in [0.05, 0.1) is 22.4 Å². The zero-order valence-electron chi connectivity index (χ0n) is 31.2. The Kier molecular flexibility index (Phi) is 7.67. The van der Waals surface area contributed by atoms with E-state index in [0.717, 1.165) is 37.1 Å². The van der Waals surface area contributed by atoms with Crippen LogP contribution >= 0.6 is 0 Å². The van der Waals surface area contributed by atoms with Crippen molar-refractivity contribution in [2.45, 2.75) is 31.1 Å². The van der Waals surface area contributed by atoms with Crippen LogP contribution in [0.25, 0.3) is 27.5 Å². The van der Waals surface area contributed by atoms with Crippen LogP contribution in [0.5, 0.6) is 0 Å². The summed E-state index contributed by atoms with van der Waals surface area (Å²) in [5, 5.41) is 2.51. The summed E-state index contributed by atoms with van der Waals surface area (Å²) in [6.45, 7) is 0. The van der Waals surface area contributed by atoms with Gasteiger partial charge in [0.1, 0.15) is 0 Å². The van der Waals surface area contributed by atoms with Gasteiger partial charge in [-0.15, -0.1) is 0 Å². The van der Waals surface area contributed by atoms with Gasteiger partial charge in [0.15, 0.2) is 0 Å². The first-order chi connectivity index (χ1) is 27.8. The van der Waals surface area contributed by atoms with Crippen molar-refractivity contribution in [1.29, 1.82) is 0 Å². The molecule has 0 saturated carbocycles. The summed E-state index contributed by atoms with van der Waals surface area (Å²) in [6.07, 6.45) is 4.30. The van der Waals surface area contributed by atoms with Crippen LogP contribution in [0.1, 0.15) is 35.1 Å². The van der Waals surface area contributed by atoms with E-state index in [9.17, 15) is 0 Å². The first kappa shape index (κ1) is 32.6. The second kappa shape index (κ2) is 13.2. The Hall–Kier alpha value is -6.84. The molecule has 2 aliphatic carbocycles. The van der Waals surface area contributed by atoms with Gasteiger partial charge in [0.2, 0.25) is 0 Å². The summed E-state index contributed by atoms with van der Waals surface area (Å²) in [5.74, 6) is 0. The average Bonchev–Trinajstić information content (AvgIpc) is 3.95. The highest BCUT2D eigenvalue weighted by Crippen LogP contribution is 2.60. The van der Waals surface area contributed by atoms with Gasteiger partial charge in [-0.3, -0.25) is 0 Å². The van der Waals surface area contributed by atoms with Crippen LogP contribution in [0.3, 0.4) is 0 Å². The lowest BCUT2D eigenvalue weighted by atomic mass is 9.74. The lowest BCUT2D eigenvalue weighted by molar-refractivity contribution is 0.508. The molecule has 3 nitrogen and oxygen atoms in total.